The first-order chi connectivity index (χ1) is 5.38. The molecule has 0 amide bonds. The fraction of sp³-hybridized carbons (Fsp3) is 0.571. The molecule has 1 N–H and O–H groups in total. The second-order valence-electron chi connectivity index (χ2n) is 2.60. The predicted molar refractivity (Wildman–Crippen MR) is 46.4 cm³/mol. The standard InChI is InChI=1S/C7H11N3S/c1-10-4-2-8-6(10)7-9-3-5-11-7/h2,4,7,9H,3,5H2,1H3. The Balaban J connectivity index is 2.21. The van der Waals surface area contributed by atoms with Gasteiger partial charge in [-0.15, -0.1) is 11.8 Å². The van der Waals surface area contributed by atoms with Crippen LogP contribution in [0.5, 0.6) is 0 Å². The zero-order chi connectivity index (χ0) is 7.68. The van der Waals surface area contributed by atoms with Gasteiger partial charge in [-0.05, 0) is 0 Å². The molecule has 1 aliphatic rings. The maximum atomic E-state index is 4.28. The third-order valence-electron chi connectivity index (χ3n) is 1.81. The van der Waals surface area contributed by atoms with E-state index in [-0.39, 0.29) is 0 Å². The average Bonchev–Trinajstić information content (AvgIpc) is 2.55. The lowest BCUT2D eigenvalue weighted by atomic mass is 10.5. The highest BCUT2D eigenvalue weighted by Gasteiger charge is 2.19. The zero-order valence-corrected chi connectivity index (χ0v) is 7.27. The van der Waals surface area contributed by atoms with Gasteiger partial charge in [-0.3, -0.25) is 5.32 Å². The molecule has 1 aliphatic heterocycles. The van der Waals surface area contributed by atoms with Crippen molar-refractivity contribution in [3.8, 4) is 0 Å². The molecule has 2 heterocycles. The largest absolute Gasteiger partial charge is 0.336 e. The molecule has 0 spiro atoms. The van der Waals surface area contributed by atoms with Gasteiger partial charge in [-0.2, -0.15) is 0 Å². The highest BCUT2D eigenvalue weighted by atomic mass is 32.2. The number of nitrogens with one attached hydrogen (secondary N) is 1. The van der Waals surface area contributed by atoms with E-state index in [1.807, 2.05) is 31.2 Å². The van der Waals surface area contributed by atoms with Gasteiger partial charge < -0.3 is 4.57 Å². The Morgan fingerprint density at radius 2 is 2.73 bits per heavy atom. The van der Waals surface area contributed by atoms with Crippen LogP contribution in [0.1, 0.15) is 11.2 Å². The van der Waals surface area contributed by atoms with Gasteiger partial charge >= 0.3 is 0 Å². The lowest BCUT2D eigenvalue weighted by Crippen LogP contribution is -2.15. The molecule has 11 heavy (non-hydrogen) atoms. The molecular formula is C7H11N3S. The van der Waals surface area contributed by atoms with Crippen LogP contribution in [0.3, 0.4) is 0 Å². The predicted octanol–water partition coefficient (Wildman–Crippen LogP) is 0.755. The molecule has 4 heteroatoms. The zero-order valence-electron chi connectivity index (χ0n) is 6.45. The molecule has 1 atom stereocenters. The molecule has 2 rings (SSSR count). The number of hydrogen-bond donors (Lipinski definition) is 1. The van der Waals surface area contributed by atoms with Crippen molar-refractivity contribution in [2.75, 3.05) is 12.3 Å². The molecule has 1 aromatic rings. The average molecular weight is 169 g/mol. The number of hydrogen-bond acceptors (Lipinski definition) is 3. The van der Waals surface area contributed by atoms with E-state index in [1.54, 1.807) is 0 Å². The van der Waals surface area contributed by atoms with Crippen LogP contribution < -0.4 is 5.32 Å². The van der Waals surface area contributed by atoms with Gasteiger partial charge in [0.2, 0.25) is 0 Å². The van der Waals surface area contributed by atoms with Crippen LogP contribution in [0.15, 0.2) is 12.4 Å². The summed E-state index contributed by atoms with van der Waals surface area (Å²) in [5, 5.41) is 3.79. The first-order valence-corrected chi connectivity index (χ1v) is 4.75. The summed E-state index contributed by atoms with van der Waals surface area (Å²) >= 11 is 1.92. The van der Waals surface area contributed by atoms with Crippen LogP contribution in [0.4, 0.5) is 0 Å². The summed E-state index contributed by atoms with van der Waals surface area (Å²) in [7, 11) is 2.03. The van der Waals surface area contributed by atoms with Gasteiger partial charge in [0.25, 0.3) is 0 Å². The Morgan fingerprint density at radius 1 is 1.82 bits per heavy atom. The van der Waals surface area contributed by atoms with E-state index in [1.165, 1.54) is 5.75 Å². The molecule has 1 aromatic heterocycles. The van der Waals surface area contributed by atoms with Crippen molar-refractivity contribution in [2.45, 2.75) is 5.37 Å². The second-order valence-corrected chi connectivity index (χ2v) is 3.81. The van der Waals surface area contributed by atoms with E-state index in [0.29, 0.717) is 5.37 Å². The van der Waals surface area contributed by atoms with E-state index < -0.39 is 0 Å². The minimum absolute atomic E-state index is 0.412. The minimum Gasteiger partial charge on any atom is -0.336 e. The van der Waals surface area contributed by atoms with Crippen LogP contribution in [-0.4, -0.2) is 21.8 Å². The lowest BCUT2D eigenvalue weighted by Gasteiger charge is -2.07. The van der Waals surface area contributed by atoms with Gasteiger partial charge in [0, 0.05) is 31.7 Å². The topological polar surface area (TPSA) is 29.9 Å². The first kappa shape index (κ1) is 7.18. The number of aromatic nitrogens is 2. The van der Waals surface area contributed by atoms with Crippen molar-refractivity contribution >= 4 is 11.8 Å². The van der Waals surface area contributed by atoms with Crippen LogP contribution in [0, 0.1) is 0 Å². The summed E-state index contributed by atoms with van der Waals surface area (Å²) in [4.78, 5) is 4.28. The number of aryl methyl sites for hydroxylation is 1. The Bertz CT molecular complexity index is 240. The van der Waals surface area contributed by atoms with E-state index in [0.717, 1.165) is 12.4 Å². The molecular weight excluding hydrogens is 158 g/mol. The second kappa shape index (κ2) is 2.87. The summed E-state index contributed by atoms with van der Waals surface area (Å²) in [5.74, 6) is 2.32. The van der Waals surface area contributed by atoms with Crippen LogP contribution in [0.2, 0.25) is 0 Å². The maximum absolute atomic E-state index is 4.28. The quantitative estimate of drug-likeness (QED) is 0.673. The highest BCUT2D eigenvalue weighted by Crippen LogP contribution is 2.27. The smallest absolute Gasteiger partial charge is 0.136 e. The van der Waals surface area contributed by atoms with Crippen molar-refractivity contribution in [2.24, 2.45) is 7.05 Å². The third-order valence-corrected chi connectivity index (χ3v) is 2.96. The normalized spacial score (nSPS) is 24.3. The van der Waals surface area contributed by atoms with Crippen LogP contribution >= 0.6 is 11.8 Å². The molecule has 3 nitrogen and oxygen atoms in total. The first-order valence-electron chi connectivity index (χ1n) is 3.70. The molecule has 0 radical (unpaired) electrons. The number of nitrogens with zero attached hydrogens (tertiary/aromatic N) is 2. The van der Waals surface area contributed by atoms with Crippen LogP contribution in [-0.2, 0) is 7.05 Å². The summed E-state index contributed by atoms with van der Waals surface area (Å²) in [5.41, 5.74) is 0. The number of rotatable bonds is 1. The summed E-state index contributed by atoms with van der Waals surface area (Å²) in [6.45, 7) is 1.10. The van der Waals surface area contributed by atoms with Crippen molar-refractivity contribution in [3.05, 3.63) is 18.2 Å². The Kier molecular flexibility index (Phi) is 1.87. The molecule has 0 bridgehead atoms. The van der Waals surface area contributed by atoms with E-state index >= 15 is 0 Å². The van der Waals surface area contributed by atoms with Gasteiger partial charge in [-0.25, -0.2) is 4.98 Å². The minimum atomic E-state index is 0.412. The van der Waals surface area contributed by atoms with Gasteiger partial charge in [0.15, 0.2) is 0 Å². The highest BCUT2D eigenvalue weighted by molar-refractivity contribution is 7.99. The van der Waals surface area contributed by atoms with Crippen molar-refractivity contribution in [3.63, 3.8) is 0 Å². The Hall–Kier alpha value is -0.480. The van der Waals surface area contributed by atoms with E-state index in [9.17, 15) is 0 Å². The fourth-order valence-corrected chi connectivity index (χ4v) is 2.30. The Labute approximate surface area is 70.2 Å². The third kappa shape index (κ3) is 1.28. The number of thioether (sulfide) groups is 1. The van der Waals surface area contributed by atoms with E-state index in [4.69, 9.17) is 0 Å². The van der Waals surface area contributed by atoms with Gasteiger partial charge in [0.1, 0.15) is 11.2 Å². The molecule has 1 unspecified atom stereocenters. The molecule has 1 saturated heterocycles. The molecule has 0 aromatic carbocycles. The fourth-order valence-electron chi connectivity index (χ4n) is 1.22. The summed E-state index contributed by atoms with van der Waals surface area (Å²) in [6, 6.07) is 0. The molecule has 60 valence electrons. The molecule has 0 aliphatic carbocycles. The SMILES string of the molecule is Cn1ccnc1C1NCCS1. The lowest BCUT2D eigenvalue weighted by molar-refractivity contribution is 0.675. The number of imidazole rings is 1. The van der Waals surface area contributed by atoms with Crippen molar-refractivity contribution in [1.29, 1.82) is 0 Å². The summed E-state index contributed by atoms with van der Waals surface area (Å²) in [6.07, 6.45) is 3.83. The monoisotopic (exact) mass is 169 g/mol. The Morgan fingerprint density at radius 3 is 3.27 bits per heavy atom. The van der Waals surface area contributed by atoms with E-state index in [2.05, 4.69) is 14.9 Å². The molecule has 1 fully saturated rings. The van der Waals surface area contributed by atoms with Gasteiger partial charge in [-0.1, -0.05) is 0 Å². The van der Waals surface area contributed by atoms with Gasteiger partial charge in [0.05, 0.1) is 0 Å². The van der Waals surface area contributed by atoms with Crippen molar-refractivity contribution < 1.29 is 0 Å². The van der Waals surface area contributed by atoms with Crippen molar-refractivity contribution in [1.82, 2.24) is 14.9 Å². The maximum Gasteiger partial charge on any atom is 0.136 e. The molecule has 0 saturated carbocycles. The van der Waals surface area contributed by atoms with Crippen LogP contribution in [0.25, 0.3) is 0 Å². The summed E-state index contributed by atoms with van der Waals surface area (Å²) < 4.78 is 2.07.